The summed E-state index contributed by atoms with van der Waals surface area (Å²) in [6.45, 7) is -1.35. The second kappa shape index (κ2) is 11.1. The molecule has 5 unspecified atom stereocenters. The van der Waals surface area contributed by atoms with Crippen LogP contribution in [0.2, 0.25) is 0 Å². The fourth-order valence-electron chi connectivity index (χ4n) is 4.19. The van der Waals surface area contributed by atoms with Crippen LogP contribution in [-0.2, 0) is 33.4 Å². The van der Waals surface area contributed by atoms with E-state index in [2.05, 4.69) is 28.1 Å². The summed E-state index contributed by atoms with van der Waals surface area (Å²) in [5.74, 6) is -6.02. The van der Waals surface area contributed by atoms with E-state index in [1.165, 1.54) is 0 Å². The van der Waals surface area contributed by atoms with Crippen LogP contribution >= 0.6 is 23.5 Å². The molecule has 0 saturated carbocycles. The minimum Gasteiger partial charge on any atom is -0.430 e. The van der Waals surface area contributed by atoms with Gasteiger partial charge in [-0.15, -0.1) is 4.99 Å². The van der Waals surface area contributed by atoms with Crippen LogP contribution in [0.25, 0.3) is 0 Å². The zero-order valence-electron chi connectivity index (χ0n) is 21.6. The Labute approximate surface area is 250 Å². The number of phosphoric acid groups is 3. The van der Waals surface area contributed by atoms with Crippen LogP contribution in [0.15, 0.2) is 42.9 Å². The molecule has 27 nitrogen and oxygen atoms in total. The number of ether oxygens (including phenoxy) is 2. The van der Waals surface area contributed by atoms with Gasteiger partial charge in [-0.1, -0.05) is 4.99 Å². The number of furan rings is 1. The lowest BCUT2D eigenvalue weighted by Gasteiger charge is -2.27. The Balaban J connectivity index is 1.59. The van der Waals surface area contributed by atoms with Crippen LogP contribution in [-0.4, -0.2) is 81.1 Å². The SMILES string of the molecule is NC1=NC=NC2=[N+](c3oc(COP(=O)(O)OP(=O)(O)OP(=O)(O)O)c4c3OC3(O4)C([N+](=O)[O-])=CC([N+](=O)[O-])=CC3[N+](=O)[O-])C=NC12. The van der Waals surface area contributed by atoms with E-state index in [4.69, 9.17) is 29.4 Å². The molecule has 46 heavy (non-hydrogen) atoms. The summed E-state index contributed by atoms with van der Waals surface area (Å²) >= 11 is 0. The first-order chi connectivity index (χ1) is 21.2. The third-order valence-corrected chi connectivity index (χ3v) is 9.65. The largest absolute Gasteiger partial charge is 0.490 e. The molecule has 1 aromatic heterocycles. The quantitative estimate of drug-likeness (QED) is 0.0827. The number of amidine groups is 2. The van der Waals surface area contributed by atoms with Crippen LogP contribution in [0.3, 0.4) is 0 Å². The molecule has 0 amide bonds. The summed E-state index contributed by atoms with van der Waals surface area (Å²) < 4.78 is 64.5. The number of nitrogens with zero attached hydrogens (tertiary/aromatic N) is 7. The van der Waals surface area contributed by atoms with Gasteiger partial charge in [-0.3, -0.25) is 34.9 Å². The van der Waals surface area contributed by atoms with Crippen molar-refractivity contribution in [2.75, 3.05) is 0 Å². The molecule has 6 N–H and O–H groups in total. The normalized spacial score (nSPS) is 25.8. The van der Waals surface area contributed by atoms with E-state index in [-0.39, 0.29) is 11.7 Å². The number of allylic oxidation sites excluding steroid dienone is 1. The predicted octanol–water partition coefficient (Wildman–Crippen LogP) is -0.577. The van der Waals surface area contributed by atoms with Gasteiger partial charge in [-0.2, -0.15) is 13.2 Å². The molecule has 0 aromatic carbocycles. The molecule has 5 rings (SSSR count). The van der Waals surface area contributed by atoms with E-state index >= 15 is 0 Å². The lowest BCUT2D eigenvalue weighted by molar-refractivity contribution is -0.559. The maximum absolute atomic E-state index is 12.3. The van der Waals surface area contributed by atoms with Crippen molar-refractivity contribution in [1.29, 1.82) is 0 Å². The molecule has 5 atom stereocenters. The van der Waals surface area contributed by atoms with E-state index in [1.807, 2.05) is 0 Å². The van der Waals surface area contributed by atoms with Gasteiger partial charge in [0.1, 0.15) is 6.61 Å². The van der Waals surface area contributed by atoms with Gasteiger partial charge in [0.15, 0.2) is 17.9 Å². The summed E-state index contributed by atoms with van der Waals surface area (Å²) in [6, 6.07) is -3.49. The van der Waals surface area contributed by atoms with Crippen LogP contribution in [0, 0.1) is 30.3 Å². The van der Waals surface area contributed by atoms with Crippen molar-refractivity contribution >= 4 is 53.7 Å². The highest BCUT2D eigenvalue weighted by Gasteiger charge is 2.69. The molecule has 3 aliphatic heterocycles. The minimum absolute atomic E-state index is 0.0388. The van der Waals surface area contributed by atoms with Crippen molar-refractivity contribution in [2.24, 2.45) is 20.7 Å². The zero-order chi connectivity index (χ0) is 34.0. The van der Waals surface area contributed by atoms with Gasteiger partial charge in [0.25, 0.3) is 17.6 Å². The maximum Gasteiger partial charge on any atom is 0.490 e. The second-order valence-electron chi connectivity index (χ2n) is 8.78. The fraction of sp³-hybridized carbons (Fsp3) is 0.250. The first-order valence-corrected chi connectivity index (χ1v) is 16.0. The van der Waals surface area contributed by atoms with Crippen LogP contribution in [0.4, 0.5) is 5.88 Å². The smallest absolute Gasteiger partial charge is 0.430 e. The van der Waals surface area contributed by atoms with E-state index in [0.29, 0.717) is 12.2 Å². The highest BCUT2D eigenvalue weighted by molar-refractivity contribution is 7.66. The first-order valence-electron chi connectivity index (χ1n) is 11.5. The number of hydrogen-bond donors (Lipinski definition) is 5. The standard InChI is InChI=1S/C16H13N8O19P3/c17-13-10-14(19-4-18-13)21(5-20-10)15-12-11(7(39-15)3-38-45(34,35)43-46(36,37)42-44(31,32)33)40-16(41-12)8(23(27)28)1-6(22(25)26)2-9(16)24(29)30/h1-2,4-5,8,10,17H,3H2,(H4,31,32,33,34,35,36,37)/p+1. The third-order valence-electron chi connectivity index (χ3n) is 5.87. The number of nitrogens with two attached hydrogens (primary N) is 1. The van der Waals surface area contributed by atoms with Crippen LogP contribution in [0.1, 0.15) is 5.76 Å². The van der Waals surface area contributed by atoms with Gasteiger partial charge >= 0.3 is 46.9 Å². The molecule has 1 spiro atoms. The average molecular weight is 715 g/mol. The lowest BCUT2D eigenvalue weighted by Crippen LogP contribution is -2.57. The molecular formula is C16H14N8O19P3+. The zero-order valence-corrected chi connectivity index (χ0v) is 24.3. The van der Waals surface area contributed by atoms with E-state index in [1.54, 1.807) is 0 Å². The van der Waals surface area contributed by atoms with E-state index in [0.717, 1.165) is 17.3 Å². The molecule has 0 saturated heterocycles. The van der Waals surface area contributed by atoms with Crippen molar-refractivity contribution in [3.8, 4) is 11.5 Å². The van der Waals surface area contributed by atoms with Crippen molar-refractivity contribution in [3.05, 3.63) is 59.6 Å². The molecule has 1 aliphatic carbocycles. The van der Waals surface area contributed by atoms with E-state index < -0.39 is 97.3 Å². The molecule has 0 radical (unpaired) electrons. The number of phosphoric ester groups is 1. The maximum atomic E-state index is 12.3. The molecule has 4 aliphatic rings. The third kappa shape index (κ3) is 6.02. The number of rotatable bonds is 11. The molecule has 246 valence electrons. The van der Waals surface area contributed by atoms with Crippen molar-refractivity contribution in [3.63, 3.8) is 0 Å². The number of hydrogen-bond acceptors (Lipinski definition) is 19. The number of nitro groups is 3. The summed E-state index contributed by atoms with van der Waals surface area (Å²) in [5, 5.41) is 35.5. The van der Waals surface area contributed by atoms with Crippen LogP contribution < -0.4 is 15.2 Å². The van der Waals surface area contributed by atoms with Gasteiger partial charge in [0.05, 0.1) is 22.0 Å². The topological polar surface area (TPSA) is 387 Å². The Kier molecular flexibility index (Phi) is 7.89. The predicted molar refractivity (Wildman–Crippen MR) is 140 cm³/mol. The summed E-state index contributed by atoms with van der Waals surface area (Å²) in [7, 11) is -17.5. The van der Waals surface area contributed by atoms with Crippen molar-refractivity contribution in [1.82, 2.24) is 0 Å². The Morgan fingerprint density at radius 3 is 2.30 bits per heavy atom. The average Bonchev–Trinajstić information content (AvgIpc) is 3.58. The molecule has 30 heteroatoms. The van der Waals surface area contributed by atoms with Gasteiger partial charge in [-0.25, -0.2) is 18.7 Å². The molecular weight excluding hydrogens is 701 g/mol. The second-order valence-corrected chi connectivity index (χ2v) is 13.2. The summed E-state index contributed by atoms with van der Waals surface area (Å²) in [5.41, 5.74) is 3.41. The Morgan fingerprint density at radius 1 is 1.02 bits per heavy atom. The number of fused-ring (bicyclic) bond motifs is 2. The Bertz CT molecular complexity index is 1920. The monoisotopic (exact) mass is 715 g/mol. The molecule has 0 fully saturated rings. The summed E-state index contributed by atoms with van der Waals surface area (Å²) in [4.78, 5) is 80.4. The summed E-state index contributed by atoms with van der Waals surface area (Å²) in [6.07, 6.45) is 2.76. The van der Waals surface area contributed by atoms with Gasteiger partial charge in [0, 0.05) is 4.92 Å². The number of aliphatic imine (C=N–C) groups is 3. The first kappa shape index (κ1) is 32.8. The Morgan fingerprint density at radius 2 is 1.70 bits per heavy atom. The van der Waals surface area contributed by atoms with E-state index in [9.17, 15) is 53.8 Å². The molecule has 4 heterocycles. The molecule has 1 aromatic rings. The van der Waals surface area contributed by atoms with Gasteiger partial charge in [0.2, 0.25) is 17.8 Å². The molecule has 0 bridgehead atoms. The highest BCUT2D eigenvalue weighted by atomic mass is 31.3. The highest BCUT2D eigenvalue weighted by Crippen LogP contribution is 2.67. The van der Waals surface area contributed by atoms with Gasteiger partial charge in [-0.05, 0) is 0 Å². The van der Waals surface area contributed by atoms with Crippen molar-refractivity contribution in [2.45, 2.75) is 24.5 Å². The van der Waals surface area contributed by atoms with Crippen LogP contribution in [0.5, 0.6) is 11.5 Å². The van der Waals surface area contributed by atoms with Crippen molar-refractivity contribution < 1.29 is 79.7 Å². The minimum atomic E-state index is -5.96. The lowest BCUT2D eigenvalue weighted by atomic mass is 9.96. The van der Waals surface area contributed by atoms with Gasteiger partial charge < -0.3 is 39.2 Å². The Hall–Kier alpha value is -4.55. The fourth-order valence-corrected chi connectivity index (χ4v) is 7.17.